The molecule has 10 heteroatoms. The summed E-state index contributed by atoms with van der Waals surface area (Å²) in [6.07, 6.45) is 2.88. The standard InChI is InChI=1S/C17H17N5O5/c1-26-4-5-27-13-3-2-10(7-18-13)8-20-15(23)11-6-12-14(19-9-11)21-17(25)22-16(12)24/h2-3,6-7,9H,4-5,8H2,1H3,(H,20,23)(H2,19,21,22,24,25). The molecule has 10 nitrogen and oxygen atoms in total. The Balaban J connectivity index is 1.64. The van der Waals surface area contributed by atoms with Crippen LogP contribution in [0.15, 0.2) is 40.2 Å². The average molecular weight is 371 g/mol. The van der Waals surface area contributed by atoms with Gasteiger partial charge in [-0.2, -0.15) is 0 Å². The van der Waals surface area contributed by atoms with Gasteiger partial charge >= 0.3 is 5.69 Å². The number of H-pyrrole nitrogens is 2. The highest BCUT2D eigenvalue weighted by molar-refractivity contribution is 5.96. The molecule has 3 aromatic rings. The van der Waals surface area contributed by atoms with Gasteiger partial charge in [0.05, 0.1) is 17.6 Å². The van der Waals surface area contributed by atoms with E-state index >= 15 is 0 Å². The molecule has 0 radical (unpaired) electrons. The van der Waals surface area contributed by atoms with Gasteiger partial charge in [0.15, 0.2) is 0 Å². The normalized spacial score (nSPS) is 10.7. The van der Waals surface area contributed by atoms with E-state index in [0.717, 1.165) is 5.56 Å². The summed E-state index contributed by atoms with van der Waals surface area (Å²) < 4.78 is 10.3. The number of hydrogen-bond donors (Lipinski definition) is 3. The number of nitrogens with zero attached hydrogens (tertiary/aromatic N) is 2. The molecule has 0 spiro atoms. The summed E-state index contributed by atoms with van der Waals surface area (Å²) in [6.45, 7) is 1.11. The Hall–Kier alpha value is -3.53. The van der Waals surface area contributed by atoms with E-state index in [2.05, 4.69) is 25.3 Å². The number of aromatic nitrogens is 4. The molecule has 3 heterocycles. The molecule has 27 heavy (non-hydrogen) atoms. The molecule has 0 aliphatic heterocycles. The Bertz CT molecular complexity index is 1060. The Labute approximate surface area is 152 Å². The number of rotatable bonds is 7. The topological polar surface area (TPSA) is 139 Å². The van der Waals surface area contributed by atoms with Crippen LogP contribution in [-0.4, -0.2) is 46.2 Å². The lowest BCUT2D eigenvalue weighted by molar-refractivity contribution is 0.0950. The molecule has 0 saturated heterocycles. The van der Waals surface area contributed by atoms with Crippen LogP contribution in [0.5, 0.6) is 5.88 Å². The molecular formula is C17H17N5O5. The number of methoxy groups -OCH3 is 1. The molecule has 1 amide bonds. The maximum Gasteiger partial charge on any atom is 0.327 e. The number of fused-ring (bicyclic) bond motifs is 1. The van der Waals surface area contributed by atoms with Crippen molar-refractivity contribution in [3.05, 3.63) is 62.6 Å². The second-order valence-electron chi connectivity index (χ2n) is 5.56. The molecule has 0 bridgehead atoms. The number of pyridine rings is 2. The van der Waals surface area contributed by atoms with Crippen LogP contribution in [-0.2, 0) is 11.3 Å². The zero-order valence-electron chi connectivity index (χ0n) is 14.4. The van der Waals surface area contributed by atoms with Crippen LogP contribution in [0.3, 0.4) is 0 Å². The Morgan fingerprint density at radius 2 is 2.00 bits per heavy atom. The van der Waals surface area contributed by atoms with Gasteiger partial charge in [0.2, 0.25) is 5.88 Å². The summed E-state index contributed by atoms with van der Waals surface area (Å²) in [4.78, 5) is 47.9. The first kappa shape index (κ1) is 18.3. The van der Waals surface area contributed by atoms with Gasteiger partial charge in [0, 0.05) is 32.1 Å². The van der Waals surface area contributed by atoms with Crippen molar-refractivity contribution in [3.8, 4) is 5.88 Å². The van der Waals surface area contributed by atoms with Gasteiger partial charge in [-0.15, -0.1) is 0 Å². The van der Waals surface area contributed by atoms with Crippen molar-refractivity contribution in [1.82, 2.24) is 25.3 Å². The van der Waals surface area contributed by atoms with Gasteiger partial charge in [-0.25, -0.2) is 14.8 Å². The Morgan fingerprint density at radius 3 is 2.74 bits per heavy atom. The predicted octanol–water partition coefficient (Wildman–Crippen LogP) is -0.0384. The van der Waals surface area contributed by atoms with E-state index in [0.29, 0.717) is 19.1 Å². The van der Waals surface area contributed by atoms with Crippen molar-refractivity contribution in [1.29, 1.82) is 0 Å². The summed E-state index contributed by atoms with van der Waals surface area (Å²) in [5.74, 6) is 0.0597. The van der Waals surface area contributed by atoms with Gasteiger partial charge in [-0.05, 0) is 11.6 Å². The van der Waals surface area contributed by atoms with E-state index in [-0.39, 0.29) is 23.1 Å². The fourth-order valence-electron chi connectivity index (χ4n) is 2.29. The van der Waals surface area contributed by atoms with E-state index < -0.39 is 17.2 Å². The van der Waals surface area contributed by atoms with E-state index in [1.165, 1.54) is 12.3 Å². The lowest BCUT2D eigenvalue weighted by atomic mass is 10.2. The third-order valence-electron chi connectivity index (χ3n) is 3.64. The molecule has 0 fully saturated rings. The molecule has 3 rings (SSSR count). The van der Waals surface area contributed by atoms with Crippen molar-refractivity contribution in [2.75, 3.05) is 20.3 Å². The van der Waals surface area contributed by atoms with E-state index in [1.54, 1.807) is 25.4 Å². The third kappa shape index (κ3) is 4.55. The maximum absolute atomic E-state index is 12.3. The lowest BCUT2D eigenvalue weighted by Gasteiger charge is -2.07. The minimum Gasteiger partial charge on any atom is -0.475 e. The van der Waals surface area contributed by atoms with Crippen LogP contribution >= 0.6 is 0 Å². The van der Waals surface area contributed by atoms with Crippen molar-refractivity contribution in [3.63, 3.8) is 0 Å². The smallest absolute Gasteiger partial charge is 0.327 e. The van der Waals surface area contributed by atoms with E-state index in [1.807, 2.05) is 0 Å². The number of ether oxygens (including phenoxy) is 2. The van der Waals surface area contributed by atoms with Crippen molar-refractivity contribution in [2.24, 2.45) is 0 Å². The molecule has 0 saturated carbocycles. The highest BCUT2D eigenvalue weighted by Gasteiger charge is 2.10. The first-order valence-corrected chi connectivity index (χ1v) is 8.04. The van der Waals surface area contributed by atoms with E-state index in [9.17, 15) is 14.4 Å². The molecule has 0 aromatic carbocycles. The first-order valence-electron chi connectivity index (χ1n) is 8.04. The van der Waals surface area contributed by atoms with Crippen LogP contribution in [0.1, 0.15) is 15.9 Å². The number of carbonyl (C=O) groups is 1. The van der Waals surface area contributed by atoms with Crippen molar-refractivity contribution < 1.29 is 14.3 Å². The molecule has 0 aliphatic carbocycles. The molecule has 3 aromatic heterocycles. The average Bonchev–Trinajstić information content (AvgIpc) is 2.67. The van der Waals surface area contributed by atoms with Gasteiger partial charge < -0.3 is 14.8 Å². The summed E-state index contributed by atoms with van der Waals surface area (Å²) in [5.41, 5.74) is -0.164. The summed E-state index contributed by atoms with van der Waals surface area (Å²) >= 11 is 0. The fourth-order valence-corrected chi connectivity index (χ4v) is 2.29. The molecule has 140 valence electrons. The Kier molecular flexibility index (Phi) is 5.57. The van der Waals surface area contributed by atoms with Gasteiger partial charge in [-0.1, -0.05) is 6.07 Å². The molecule has 0 aliphatic rings. The summed E-state index contributed by atoms with van der Waals surface area (Å²) in [6, 6.07) is 4.85. The predicted molar refractivity (Wildman–Crippen MR) is 95.8 cm³/mol. The van der Waals surface area contributed by atoms with E-state index in [4.69, 9.17) is 9.47 Å². The summed E-state index contributed by atoms with van der Waals surface area (Å²) in [7, 11) is 1.59. The van der Waals surface area contributed by atoms with Gasteiger partial charge in [0.25, 0.3) is 11.5 Å². The SMILES string of the molecule is COCCOc1ccc(CNC(=O)c2cnc3[nH]c(=O)[nH]c(=O)c3c2)cn1. The minimum atomic E-state index is -0.653. The van der Waals surface area contributed by atoms with Crippen LogP contribution in [0, 0.1) is 0 Å². The zero-order valence-corrected chi connectivity index (χ0v) is 14.4. The minimum absolute atomic E-state index is 0.119. The molecular weight excluding hydrogens is 354 g/mol. The Morgan fingerprint density at radius 1 is 1.15 bits per heavy atom. The highest BCUT2D eigenvalue weighted by Crippen LogP contribution is 2.09. The molecule has 3 N–H and O–H groups in total. The van der Waals surface area contributed by atoms with Crippen LogP contribution in [0.25, 0.3) is 11.0 Å². The number of nitrogens with one attached hydrogen (secondary N) is 3. The van der Waals surface area contributed by atoms with Crippen molar-refractivity contribution >= 4 is 16.9 Å². The number of aromatic amines is 2. The lowest BCUT2D eigenvalue weighted by Crippen LogP contribution is -2.25. The summed E-state index contributed by atoms with van der Waals surface area (Å²) in [5, 5.41) is 2.84. The van der Waals surface area contributed by atoms with Gasteiger partial charge in [0.1, 0.15) is 12.3 Å². The largest absolute Gasteiger partial charge is 0.475 e. The number of hydrogen-bond acceptors (Lipinski definition) is 7. The maximum atomic E-state index is 12.3. The zero-order chi connectivity index (χ0) is 19.2. The molecule has 0 atom stereocenters. The second kappa shape index (κ2) is 8.23. The first-order chi connectivity index (χ1) is 13.1. The van der Waals surface area contributed by atoms with Gasteiger partial charge in [-0.3, -0.25) is 19.6 Å². The van der Waals surface area contributed by atoms with Crippen molar-refractivity contribution in [2.45, 2.75) is 6.54 Å². The monoisotopic (exact) mass is 371 g/mol. The fraction of sp³-hybridized carbons (Fsp3) is 0.235. The number of carbonyl (C=O) groups excluding carboxylic acids is 1. The quantitative estimate of drug-likeness (QED) is 0.495. The highest BCUT2D eigenvalue weighted by atomic mass is 16.5. The number of amides is 1. The second-order valence-corrected chi connectivity index (χ2v) is 5.56. The van der Waals surface area contributed by atoms with Crippen LogP contribution in [0.4, 0.5) is 0 Å². The molecule has 0 unspecified atom stereocenters. The van der Waals surface area contributed by atoms with Crippen LogP contribution < -0.4 is 21.3 Å². The third-order valence-corrected chi connectivity index (χ3v) is 3.64. The van der Waals surface area contributed by atoms with Crippen LogP contribution in [0.2, 0.25) is 0 Å².